The van der Waals surface area contributed by atoms with Crippen molar-refractivity contribution in [3.63, 3.8) is 0 Å². The van der Waals surface area contributed by atoms with E-state index in [1.165, 1.54) is 0 Å². The number of aromatic amines is 2. The van der Waals surface area contributed by atoms with Crippen molar-refractivity contribution in [1.82, 2.24) is 15.3 Å². The maximum atomic E-state index is 12.4. The maximum absolute atomic E-state index is 12.4. The fraction of sp³-hybridized carbons (Fsp3) is 0.217. The number of nitrogens with one attached hydrogen (secondary N) is 4. The van der Waals surface area contributed by atoms with Crippen molar-refractivity contribution < 1.29 is 9.59 Å². The number of benzene rings is 2. The lowest BCUT2D eigenvalue weighted by Crippen LogP contribution is -2.30. The molecule has 0 fully saturated rings. The molecule has 1 heterocycles. The number of H-pyrrole nitrogens is 2. The van der Waals surface area contributed by atoms with Crippen molar-refractivity contribution in [3.05, 3.63) is 97.8 Å². The molecule has 8 nitrogen and oxygen atoms in total. The molecule has 0 saturated carbocycles. The molecule has 0 aliphatic rings. The van der Waals surface area contributed by atoms with Crippen molar-refractivity contribution in [1.29, 1.82) is 0 Å². The number of aromatic nitrogens is 2. The van der Waals surface area contributed by atoms with Gasteiger partial charge < -0.3 is 15.6 Å². The molecule has 31 heavy (non-hydrogen) atoms. The summed E-state index contributed by atoms with van der Waals surface area (Å²) in [6.45, 7) is 3.47. The van der Waals surface area contributed by atoms with Gasteiger partial charge in [0.15, 0.2) is 0 Å². The van der Waals surface area contributed by atoms with Gasteiger partial charge in [0.2, 0.25) is 5.91 Å². The quantitative estimate of drug-likeness (QED) is 0.469. The highest BCUT2D eigenvalue weighted by atomic mass is 16.2. The molecule has 0 spiro atoms. The molecule has 8 heteroatoms. The van der Waals surface area contributed by atoms with Gasteiger partial charge in [0.1, 0.15) is 0 Å². The Morgan fingerprint density at radius 1 is 1.00 bits per heavy atom. The Morgan fingerprint density at radius 3 is 2.45 bits per heavy atom. The van der Waals surface area contributed by atoms with Gasteiger partial charge in [-0.15, -0.1) is 0 Å². The van der Waals surface area contributed by atoms with Crippen molar-refractivity contribution >= 4 is 17.5 Å². The molecular formula is C23H24N4O4. The molecule has 1 atom stereocenters. The number of amides is 2. The lowest BCUT2D eigenvalue weighted by molar-refractivity contribution is -0.121. The lowest BCUT2D eigenvalue weighted by Gasteiger charge is -2.16. The first-order chi connectivity index (χ1) is 14.8. The van der Waals surface area contributed by atoms with E-state index in [1.54, 1.807) is 37.3 Å². The van der Waals surface area contributed by atoms with E-state index in [0.717, 1.165) is 5.56 Å². The minimum atomic E-state index is -0.566. The van der Waals surface area contributed by atoms with Crippen LogP contribution in [0.2, 0.25) is 0 Å². The summed E-state index contributed by atoms with van der Waals surface area (Å²) in [6.07, 6.45) is 0.314. The number of hydrogen-bond donors (Lipinski definition) is 4. The molecule has 2 amide bonds. The molecule has 1 aromatic heterocycles. The summed E-state index contributed by atoms with van der Waals surface area (Å²) in [7, 11) is 0. The molecule has 0 saturated heterocycles. The van der Waals surface area contributed by atoms with Crippen LogP contribution in [0.25, 0.3) is 0 Å². The minimum absolute atomic E-state index is 0.102. The zero-order valence-electron chi connectivity index (χ0n) is 17.3. The smallest absolute Gasteiger partial charge is 0.325 e. The first-order valence-corrected chi connectivity index (χ1v) is 9.91. The van der Waals surface area contributed by atoms with Crippen LogP contribution in [0.5, 0.6) is 0 Å². The summed E-state index contributed by atoms with van der Waals surface area (Å²) in [5.74, 6) is -0.438. The molecule has 0 aliphatic heterocycles. The number of carbonyl (C=O) groups is 2. The highest BCUT2D eigenvalue weighted by Crippen LogP contribution is 2.18. The third-order valence-electron chi connectivity index (χ3n) is 4.91. The summed E-state index contributed by atoms with van der Waals surface area (Å²) in [6, 6.07) is 15.9. The summed E-state index contributed by atoms with van der Waals surface area (Å²) in [5.41, 5.74) is 1.80. The van der Waals surface area contributed by atoms with E-state index in [2.05, 4.69) is 20.6 Å². The summed E-state index contributed by atoms with van der Waals surface area (Å²) >= 11 is 0. The van der Waals surface area contributed by atoms with Crippen LogP contribution >= 0.6 is 0 Å². The fourth-order valence-corrected chi connectivity index (χ4v) is 3.24. The van der Waals surface area contributed by atoms with Crippen LogP contribution in [0.15, 0.2) is 64.2 Å². The Balaban J connectivity index is 1.60. The number of rotatable bonds is 7. The van der Waals surface area contributed by atoms with Crippen molar-refractivity contribution in [2.45, 2.75) is 32.7 Å². The van der Waals surface area contributed by atoms with Crippen LogP contribution in [-0.4, -0.2) is 21.8 Å². The Morgan fingerprint density at radius 2 is 1.74 bits per heavy atom. The number of carbonyl (C=O) groups excluding carboxylic acids is 2. The van der Waals surface area contributed by atoms with Gasteiger partial charge in [0, 0.05) is 28.9 Å². The normalized spacial score (nSPS) is 11.5. The average Bonchev–Trinajstić information content (AvgIpc) is 2.73. The van der Waals surface area contributed by atoms with Crippen LogP contribution in [0.4, 0.5) is 5.69 Å². The molecule has 4 N–H and O–H groups in total. The second-order valence-corrected chi connectivity index (χ2v) is 7.25. The Labute approximate surface area is 178 Å². The average molecular weight is 420 g/mol. The molecule has 0 bridgehead atoms. The Kier molecular flexibility index (Phi) is 6.81. The standard InChI is InChI=1S/C23H24N4O4/c1-14(24-20(28)12-11-19-15(2)25-23(31)27-22(19)30)17-9-6-10-18(13-17)26-21(29)16-7-4-3-5-8-16/h3-10,13-14H,11-12H2,1-2H3,(H,24,28)(H,26,29)(H2,25,27,30,31)/t14-/m1/s1. The van der Waals surface area contributed by atoms with E-state index in [4.69, 9.17) is 0 Å². The van der Waals surface area contributed by atoms with Crippen LogP contribution < -0.4 is 21.9 Å². The molecule has 0 aliphatic carbocycles. The van der Waals surface area contributed by atoms with Gasteiger partial charge >= 0.3 is 5.69 Å². The van der Waals surface area contributed by atoms with Crippen LogP contribution in [0.1, 0.15) is 46.6 Å². The zero-order chi connectivity index (χ0) is 22.4. The molecule has 160 valence electrons. The van der Waals surface area contributed by atoms with E-state index >= 15 is 0 Å². The number of anilines is 1. The van der Waals surface area contributed by atoms with Gasteiger partial charge in [-0.05, 0) is 50.1 Å². The molecule has 3 aromatic rings. The van der Waals surface area contributed by atoms with E-state index in [1.807, 2.05) is 31.2 Å². The monoisotopic (exact) mass is 420 g/mol. The fourth-order valence-electron chi connectivity index (χ4n) is 3.24. The van der Waals surface area contributed by atoms with Gasteiger partial charge in [0.25, 0.3) is 11.5 Å². The van der Waals surface area contributed by atoms with E-state index in [0.29, 0.717) is 22.5 Å². The predicted octanol–water partition coefficient (Wildman–Crippen LogP) is 2.43. The predicted molar refractivity (Wildman–Crippen MR) is 118 cm³/mol. The second-order valence-electron chi connectivity index (χ2n) is 7.25. The summed E-state index contributed by atoms with van der Waals surface area (Å²) in [4.78, 5) is 52.6. The van der Waals surface area contributed by atoms with Gasteiger partial charge in [-0.25, -0.2) is 4.79 Å². The maximum Gasteiger partial charge on any atom is 0.325 e. The highest BCUT2D eigenvalue weighted by Gasteiger charge is 2.13. The largest absolute Gasteiger partial charge is 0.350 e. The number of hydrogen-bond acceptors (Lipinski definition) is 4. The van der Waals surface area contributed by atoms with Crippen LogP contribution in [0.3, 0.4) is 0 Å². The molecule has 3 rings (SSSR count). The van der Waals surface area contributed by atoms with Crippen molar-refractivity contribution in [2.75, 3.05) is 5.32 Å². The first-order valence-electron chi connectivity index (χ1n) is 9.91. The van der Waals surface area contributed by atoms with E-state index < -0.39 is 11.2 Å². The van der Waals surface area contributed by atoms with Crippen LogP contribution in [0, 0.1) is 6.92 Å². The molecule has 2 aromatic carbocycles. The SMILES string of the molecule is Cc1[nH]c(=O)[nH]c(=O)c1CCC(=O)N[C@H](C)c1cccc(NC(=O)c2ccccc2)c1. The van der Waals surface area contributed by atoms with Crippen molar-refractivity contribution in [2.24, 2.45) is 0 Å². The van der Waals surface area contributed by atoms with E-state index in [-0.39, 0.29) is 30.7 Å². The summed E-state index contributed by atoms with van der Waals surface area (Å²) in [5, 5.41) is 5.74. The third kappa shape index (κ3) is 5.79. The van der Waals surface area contributed by atoms with Gasteiger partial charge in [-0.2, -0.15) is 0 Å². The lowest BCUT2D eigenvalue weighted by atomic mass is 10.1. The zero-order valence-corrected chi connectivity index (χ0v) is 17.3. The highest BCUT2D eigenvalue weighted by molar-refractivity contribution is 6.04. The Hall–Kier alpha value is -3.94. The van der Waals surface area contributed by atoms with E-state index in [9.17, 15) is 19.2 Å². The second kappa shape index (κ2) is 9.71. The molecule has 0 radical (unpaired) electrons. The van der Waals surface area contributed by atoms with Crippen LogP contribution in [-0.2, 0) is 11.2 Å². The first kappa shape index (κ1) is 21.8. The van der Waals surface area contributed by atoms with Crippen molar-refractivity contribution in [3.8, 4) is 0 Å². The Bertz CT molecular complexity index is 1200. The third-order valence-corrected chi connectivity index (χ3v) is 4.91. The number of aryl methyl sites for hydroxylation is 1. The van der Waals surface area contributed by atoms with Gasteiger partial charge in [0.05, 0.1) is 6.04 Å². The summed E-state index contributed by atoms with van der Waals surface area (Å²) < 4.78 is 0. The molecular weight excluding hydrogens is 396 g/mol. The van der Waals surface area contributed by atoms with Gasteiger partial charge in [-0.1, -0.05) is 30.3 Å². The molecule has 0 unspecified atom stereocenters. The topological polar surface area (TPSA) is 124 Å². The minimum Gasteiger partial charge on any atom is -0.350 e. The van der Waals surface area contributed by atoms with Gasteiger partial charge in [-0.3, -0.25) is 19.4 Å².